The molecule has 0 spiro atoms. The summed E-state index contributed by atoms with van der Waals surface area (Å²) in [6, 6.07) is 9.73. The van der Waals surface area contributed by atoms with Crippen LogP contribution in [0.1, 0.15) is 29.2 Å². The normalized spacial score (nSPS) is 10.8. The third-order valence-electron chi connectivity index (χ3n) is 3.80. The Labute approximate surface area is 162 Å². The summed E-state index contributed by atoms with van der Waals surface area (Å²) in [6.45, 7) is 6.45. The summed E-state index contributed by atoms with van der Waals surface area (Å²) in [5.74, 6) is 1.09. The third-order valence-corrected chi connectivity index (χ3v) is 4.39. The summed E-state index contributed by atoms with van der Waals surface area (Å²) in [5.41, 5.74) is 6.58. The average Bonchev–Trinajstić information content (AvgIpc) is 2.60. The molecule has 1 amide bonds. The molecule has 0 aromatic heterocycles. The molecule has 1 N–H and O–H groups in total. The lowest BCUT2D eigenvalue weighted by Crippen LogP contribution is -2.20. The van der Waals surface area contributed by atoms with Crippen LogP contribution in [0.15, 0.2) is 39.9 Å². The minimum absolute atomic E-state index is 0.160. The van der Waals surface area contributed by atoms with E-state index in [1.165, 1.54) is 0 Å². The molecule has 0 aliphatic heterocycles. The zero-order valence-corrected chi connectivity index (χ0v) is 17.0. The Morgan fingerprint density at radius 1 is 1.27 bits per heavy atom. The van der Waals surface area contributed by atoms with Crippen LogP contribution in [0.3, 0.4) is 0 Å². The topological polar surface area (TPSA) is 59.9 Å². The first-order chi connectivity index (χ1) is 12.4. The summed E-state index contributed by atoms with van der Waals surface area (Å²) in [4.78, 5) is 12.1. The Morgan fingerprint density at radius 2 is 2.04 bits per heavy atom. The molecule has 0 aliphatic carbocycles. The van der Waals surface area contributed by atoms with E-state index in [0.29, 0.717) is 24.5 Å². The highest BCUT2D eigenvalue weighted by Crippen LogP contribution is 2.36. The van der Waals surface area contributed by atoms with Crippen LogP contribution in [0.5, 0.6) is 11.5 Å². The Morgan fingerprint density at radius 3 is 2.73 bits per heavy atom. The molecule has 2 aromatic carbocycles. The number of hydrogen-bond acceptors (Lipinski definition) is 4. The van der Waals surface area contributed by atoms with Crippen LogP contribution < -0.4 is 14.9 Å². The van der Waals surface area contributed by atoms with Crippen molar-refractivity contribution in [3.8, 4) is 11.5 Å². The number of benzene rings is 2. The molecule has 0 aliphatic rings. The fourth-order valence-electron chi connectivity index (χ4n) is 2.48. The second kappa shape index (κ2) is 9.38. The van der Waals surface area contributed by atoms with Gasteiger partial charge < -0.3 is 9.47 Å². The molecule has 5 nitrogen and oxygen atoms in total. The molecule has 2 rings (SSSR count). The van der Waals surface area contributed by atoms with Gasteiger partial charge in [-0.15, -0.1) is 0 Å². The molecule has 2 aromatic rings. The van der Waals surface area contributed by atoms with Gasteiger partial charge in [-0.3, -0.25) is 4.79 Å². The summed E-state index contributed by atoms with van der Waals surface area (Å²) < 4.78 is 11.7. The van der Waals surface area contributed by atoms with Crippen LogP contribution in [0.25, 0.3) is 0 Å². The quantitative estimate of drug-likeness (QED) is 0.542. The molecule has 0 radical (unpaired) electrons. The number of aryl methyl sites for hydroxylation is 2. The van der Waals surface area contributed by atoms with E-state index < -0.39 is 0 Å². The number of hydrazone groups is 1. The zero-order valence-electron chi connectivity index (χ0n) is 15.4. The molecule has 0 saturated carbocycles. The van der Waals surface area contributed by atoms with E-state index in [2.05, 4.69) is 26.5 Å². The summed E-state index contributed by atoms with van der Waals surface area (Å²) in [7, 11) is 1.58. The largest absolute Gasteiger partial charge is 0.493 e. The highest BCUT2D eigenvalue weighted by Gasteiger charge is 2.10. The van der Waals surface area contributed by atoms with Crippen molar-refractivity contribution in [3.63, 3.8) is 0 Å². The van der Waals surface area contributed by atoms with Crippen LogP contribution in [-0.2, 0) is 11.2 Å². The first-order valence-electron chi connectivity index (χ1n) is 8.33. The maximum atomic E-state index is 12.1. The zero-order chi connectivity index (χ0) is 19.1. The van der Waals surface area contributed by atoms with Crippen LogP contribution in [0.4, 0.5) is 0 Å². The van der Waals surface area contributed by atoms with Crippen molar-refractivity contribution in [1.29, 1.82) is 0 Å². The molecule has 6 heteroatoms. The van der Waals surface area contributed by atoms with E-state index in [9.17, 15) is 4.79 Å². The van der Waals surface area contributed by atoms with E-state index in [4.69, 9.17) is 9.47 Å². The Hall–Kier alpha value is -2.34. The van der Waals surface area contributed by atoms with Gasteiger partial charge in [0, 0.05) is 0 Å². The molecular formula is C20H23BrN2O3. The van der Waals surface area contributed by atoms with Gasteiger partial charge in [0.1, 0.15) is 0 Å². The van der Waals surface area contributed by atoms with Gasteiger partial charge >= 0.3 is 0 Å². The molecule has 0 saturated heterocycles. The smallest absolute Gasteiger partial charge is 0.244 e. The summed E-state index contributed by atoms with van der Waals surface area (Å²) >= 11 is 3.47. The van der Waals surface area contributed by atoms with Gasteiger partial charge in [-0.25, -0.2) is 5.43 Å². The Balaban J connectivity index is 2.04. The van der Waals surface area contributed by atoms with Gasteiger partial charge in [0.05, 0.1) is 30.8 Å². The molecular weight excluding hydrogens is 396 g/mol. The number of carbonyl (C=O) groups is 1. The van der Waals surface area contributed by atoms with Crippen molar-refractivity contribution in [2.75, 3.05) is 13.7 Å². The lowest BCUT2D eigenvalue weighted by atomic mass is 10.0. The summed E-state index contributed by atoms with van der Waals surface area (Å²) in [5, 5.41) is 4.04. The molecule has 0 unspecified atom stereocenters. The number of methoxy groups -OCH3 is 1. The minimum atomic E-state index is -0.160. The van der Waals surface area contributed by atoms with Gasteiger partial charge in [-0.05, 0) is 65.5 Å². The Bertz CT molecular complexity index is 819. The van der Waals surface area contributed by atoms with E-state index in [1.54, 1.807) is 19.4 Å². The second-order valence-corrected chi connectivity index (χ2v) is 6.72. The number of halogens is 1. The van der Waals surface area contributed by atoms with Crippen molar-refractivity contribution in [1.82, 2.24) is 5.43 Å². The van der Waals surface area contributed by atoms with E-state index in [1.807, 2.05) is 45.0 Å². The maximum absolute atomic E-state index is 12.1. The third kappa shape index (κ3) is 5.33. The number of hydrogen-bond donors (Lipinski definition) is 1. The standard InChI is InChI=1S/C20H23BrN2O3/c1-5-26-20-17(21)9-15(10-18(20)25-4)12-22-23-19(24)11-16-8-13(2)6-7-14(16)3/h6-10,12H,5,11H2,1-4H3,(H,23,24)/b22-12+. The van der Waals surface area contributed by atoms with Crippen LogP contribution in [0.2, 0.25) is 0 Å². The minimum Gasteiger partial charge on any atom is -0.493 e. The number of ether oxygens (including phenoxy) is 2. The van der Waals surface area contributed by atoms with Crippen LogP contribution >= 0.6 is 15.9 Å². The van der Waals surface area contributed by atoms with E-state index >= 15 is 0 Å². The molecule has 138 valence electrons. The monoisotopic (exact) mass is 418 g/mol. The molecule has 0 atom stereocenters. The van der Waals surface area contributed by atoms with Gasteiger partial charge in [0.15, 0.2) is 11.5 Å². The van der Waals surface area contributed by atoms with Crippen molar-refractivity contribution >= 4 is 28.1 Å². The van der Waals surface area contributed by atoms with Gasteiger partial charge in [-0.1, -0.05) is 23.8 Å². The lowest BCUT2D eigenvalue weighted by Gasteiger charge is -2.12. The fourth-order valence-corrected chi connectivity index (χ4v) is 3.05. The average molecular weight is 419 g/mol. The fraction of sp³-hybridized carbons (Fsp3) is 0.300. The van der Waals surface area contributed by atoms with E-state index in [0.717, 1.165) is 26.7 Å². The summed E-state index contributed by atoms with van der Waals surface area (Å²) in [6.07, 6.45) is 1.87. The number of nitrogens with one attached hydrogen (secondary N) is 1. The molecule has 0 fully saturated rings. The van der Waals surface area contributed by atoms with Gasteiger partial charge in [0.2, 0.25) is 5.91 Å². The SMILES string of the molecule is CCOc1c(Br)cc(/C=N/NC(=O)Cc2cc(C)ccc2C)cc1OC. The molecule has 0 bridgehead atoms. The van der Waals surface area contributed by atoms with Crippen molar-refractivity contribution in [2.45, 2.75) is 27.2 Å². The second-order valence-electron chi connectivity index (χ2n) is 5.87. The number of amides is 1. The molecule has 0 heterocycles. The van der Waals surface area contributed by atoms with Gasteiger partial charge in [0.25, 0.3) is 0 Å². The predicted octanol–water partition coefficient (Wildman–Crippen LogP) is 4.17. The first-order valence-corrected chi connectivity index (χ1v) is 9.12. The van der Waals surface area contributed by atoms with Crippen LogP contribution in [0, 0.1) is 13.8 Å². The van der Waals surface area contributed by atoms with Crippen molar-refractivity contribution < 1.29 is 14.3 Å². The highest BCUT2D eigenvalue weighted by atomic mass is 79.9. The highest BCUT2D eigenvalue weighted by molar-refractivity contribution is 9.10. The lowest BCUT2D eigenvalue weighted by molar-refractivity contribution is -0.120. The Kier molecular flexibility index (Phi) is 7.21. The van der Waals surface area contributed by atoms with Crippen LogP contribution in [-0.4, -0.2) is 25.8 Å². The number of rotatable bonds is 7. The first kappa shape index (κ1) is 20.0. The predicted molar refractivity (Wildman–Crippen MR) is 107 cm³/mol. The maximum Gasteiger partial charge on any atom is 0.244 e. The number of nitrogens with zero attached hydrogens (tertiary/aromatic N) is 1. The number of carbonyl (C=O) groups excluding carboxylic acids is 1. The van der Waals surface area contributed by atoms with Crippen molar-refractivity contribution in [3.05, 3.63) is 57.1 Å². The van der Waals surface area contributed by atoms with E-state index in [-0.39, 0.29) is 5.91 Å². The molecule has 26 heavy (non-hydrogen) atoms. The van der Waals surface area contributed by atoms with Gasteiger partial charge in [-0.2, -0.15) is 5.10 Å². The van der Waals surface area contributed by atoms with Crippen molar-refractivity contribution in [2.24, 2.45) is 5.10 Å².